The second-order valence-electron chi connectivity index (χ2n) is 6.31. The van der Waals surface area contributed by atoms with E-state index in [0.29, 0.717) is 38.8 Å². The van der Waals surface area contributed by atoms with E-state index >= 15 is 0 Å². The first kappa shape index (κ1) is 18.8. The number of fused-ring (bicyclic) bond motifs is 1. The quantitative estimate of drug-likeness (QED) is 0.364. The molecule has 0 radical (unpaired) electrons. The predicted molar refractivity (Wildman–Crippen MR) is 115 cm³/mol. The lowest BCUT2D eigenvalue weighted by molar-refractivity contribution is 0.414. The Bertz CT molecular complexity index is 1270. The zero-order valence-electron chi connectivity index (χ0n) is 15.7. The maximum atomic E-state index is 13.3. The second-order valence-corrected chi connectivity index (χ2v) is 7.25. The molecule has 0 atom stereocenters. The first-order valence-corrected chi connectivity index (χ1v) is 9.97. The van der Waals surface area contributed by atoms with Crippen LogP contribution in [0.15, 0.2) is 82.7 Å². The van der Waals surface area contributed by atoms with Crippen LogP contribution in [-0.2, 0) is 5.75 Å². The number of aromatic nitrogens is 2. The molecule has 0 N–H and O–H groups in total. The van der Waals surface area contributed by atoms with Crippen molar-refractivity contribution in [3.63, 3.8) is 0 Å². The van der Waals surface area contributed by atoms with Gasteiger partial charge in [-0.15, -0.1) is 0 Å². The molecular weight excluding hydrogens is 382 g/mol. The molecule has 6 heteroatoms. The van der Waals surface area contributed by atoms with Crippen molar-refractivity contribution in [1.82, 2.24) is 9.55 Å². The molecule has 5 nitrogen and oxygen atoms in total. The second kappa shape index (κ2) is 8.21. The Kier molecular flexibility index (Phi) is 5.32. The van der Waals surface area contributed by atoms with Crippen molar-refractivity contribution in [3.05, 3.63) is 94.3 Å². The fraction of sp³-hybridized carbons (Fsp3) is 0.0870. The monoisotopic (exact) mass is 399 g/mol. The van der Waals surface area contributed by atoms with E-state index in [1.54, 1.807) is 23.8 Å². The van der Waals surface area contributed by atoms with Crippen molar-refractivity contribution < 1.29 is 4.74 Å². The van der Waals surface area contributed by atoms with Gasteiger partial charge in [0.2, 0.25) is 0 Å². The Labute approximate surface area is 172 Å². The number of rotatable bonds is 5. The van der Waals surface area contributed by atoms with Gasteiger partial charge in [-0.05, 0) is 48.0 Å². The van der Waals surface area contributed by atoms with E-state index in [0.717, 1.165) is 5.56 Å². The molecule has 0 saturated heterocycles. The van der Waals surface area contributed by atoms with E-state index < -0.39 is 0 Å². The molecule has 142 valence electrons. The molecule has 3 aromatic carbocycles. The summed E-state index contributed by atoms with van der Waals surface area (Å²) in [5, 5.41) is 10.5. The lowest BCUT2D eigenvalue weighted by Crippen LogP contribution is -2.21. The number of nitriles is 1. The van der Waals surface area contributed by atoms with Crippen molar-refractivity contribution in [2.24, 2.45) is 0 Å². The predicted octanol–water partition coefficient (Wildman–Crippen LogP) is 4.56. The SMILES string of the molecule is COc1ccc(-n2c(SCc3ccccc3C#N)nc3ccccc3c2=O)cc1. The summed E-state index contributed by atoms with van der Waals surface area (Å²) in [5.74, 6) is 1.25. The number of thioether (sulfide) groups is 1. The van der Waals surface area contributed by atoms with Gasteiger partial charge in [0, 0.05) is 5.75 Å². The number of nitrogens with zero attached hydrogens (tertiary/aromatic N) is 3. The van der Waals surface area contributed by atoms with Gasteiger partial charge in [-0.2, -0.15) is 5.26 Å². The molecule has 0 bridgehead atoms. The minimum absolute atomic E-state index is 0.128. The average molecular weight is 399 g/mol. The third-order valence-corrected chi connectivity index (χ3v) is 5.56. The number of hydrogen-bond donors (Lipinski definition) is 0. The zero-order chi connectivity index (χ0) is 20.2. The van der Waals surface area contributed by atoms with Crippen molar-refractivity contribution in [2.75, 3.05) is 7.11 Å². The molecule has 29 heavy (non-hydrogen) atoms. The molecule has 4 aromatic rings. The number of ether oxygens (including phenoxy) is 1. The van der Waals surface area contributed by atoms with Gasteiger partial charge in [-0.25, -0.2) is 4.98 Å². The molecule has 1 aromatic heterocycles. The summed E-state index contributed by atoms with van der Waals surface area (Å²) in [6.07, 6.45) is 0. The van der Waals surface area contributed by atoms with Gasteiger partial charge in [0.25, 0.3) is 5.56 Å². The highest BCUT2D eigenvalue weighted by Gasteiger charge is 2.14. The minimum atomic E-state index is -0.128. The van der Waals surface area contributed by atoms with Crippen LogP contribution in [0.25, 0.3) is 16.6 Å². The lowest BCUT2D eigenvalue weighted by atomic mass is 10.1. The standard InChI is InChI=1S/C23H17N3O2S/c1-28-19-12-10-18(11-13-19)26-22(27)20-8-4-5-9-21(20)25-23(26)29-15-17-7-3-2-6-16(17)14-24/h2-13H,15H2,1H3. The van der Waals surface area contributed by atoms with Gasteiger partial charge < -0.3 is 4.74 Å². The fourth-order valence-corrected chi connectivity index (χ4v) is 4.08. The number of benzene rings is 3. The van der Waals surface area contributed by atoms with Crippen LogP contribution in [0, 0.1) is 11.3 Å². The summed E-state index contributed by atoms with van der Waals surface area (Å²) in [7, 11) is 1.60. The van der Waals surface area contributed by atoms with Crippen molar-refractivity contribution in [3.8, 4) is 17.5 Å². The summed E-state index contributed by atoms with van der Waals surface area (Å²) >= 11 is 1.43. The fourth-order valence-electron chi connectivity index (χ4n) is 3.07. The van der Waals surface area contributed by atoms with Crippen molar-refractivity contribution >= 4 is 22.7 Å². The summed E-state index contributed by atoms with van der Waals surface area (Å²) in [6.45, 7) is 0. The van der Waals surface area contributed by atoms with Crippen LogP contribution in [0.4, 0.5) is 0 Å². The van der Waals surface area contributed by atoms with Gasteiger partial charge in [-0.1, -0.05) is 42.1 Å². The molecule has 1 heterocycles. The lowest BCUT2D eigenvalue weighted by Gasteiger charge is -2.14. The third-order valence-electron chi connectivity index (χ3n) is 4.57. The molecule has 0 saturated carbocycles. The normalized spacial score (nSPS) is 10.6. The topological polar surface area (TPSA) is 67.9 Å². The van der Waals surface area contributed by atoms with E-state index in [1.807, 2.05) is 60.7 Å². The smallest absolute Gasteiger partial charge is 0.266 e. The molecular formula is C23H17N3O2S. The largest absolute Gasteiger partial charge is 0.497 e. The number of para-hydroxylation sites is 1. The molecule has 0 aliphatic heterocycles. The van der Waals surface area contributed by atoms with E-state index in [2.05, 4.69) is 6.07 Å². The van der Waals surface area contributed by atoms with Gasteiger partial charge >= 0.3 is 0 Å². The minimum Gasteiger partial charge on any atom is -0.497 e. The Morgan fingerprint density at radius 2 is 1.76 bits per heavy atom. The maximum absolute atomic E-state index is 13.3. The molecule has 0 fully saturated rings. The van der Waals surface area contributed by atoms with Crippen LogP contribution in [0.3, 0.4) is 0 Å². The van der Waals surface area contributed by atoms with Crippen molar-refractivity contribution in [2.45, 2.75) is 10.9 Å². The van der Waals surface area contributed by atoms with E-state index in [9.17, 15) is 10.1 Å². The van der Waals surface area contributed by atoms with E-state index in [4.69, 9.17) is 9.72 Å². The Morgan fingerprint density at radius 1 is 1.03 bits per heavy atom. The van der Waals surface area contributed by atoms with Crippen LogP contribution in [0.5, 0.6) is 5.75 Å². The van der Waals surface area contributed by atoms with E-state index in [-0.39, 0.29) is 5.56 Å². The van der Waals surface area contributed by atoms with Gasteiger partial charge in [0.1, 0.15) is 5.75 Å². The number of methoxy groups -OCH3 is 1. The third kappa shape index (κ3) is 3.73. The highest BCUT2D eigenvalue weighted by atomic mass is 32.2. The first-order chi connectivity index (χ1) is 14.2. The summed E-state index contributed by atoms with van der Waals surface area (Å²) in [5.41, 5.74) is 2.77. The highest BCUT2D eigenvalue weighted by Crippen LogP contribution is 2.26. The average Bonchev–Trinajstić information content (AvgIpc) is 2.78. The van der Waals surface area contributed by atoms with Crippen LogP contribution in [0.2, 0.25) is 0 Å². The molecule has 0 aliphatic carbocycles. The van der Waals surface area contributed by atoms with Crippen LogP contribution in [-0.4, -0.2) is 16.7 Å². The maximum Gasteiger partial charge on any atom is 0.266 e. The van der Waals surface area contributed by atoms with Crippen LogP contribution >= 0.6 is 11.8 Å². The Morgan fingerprint density at radius 3 is 2.52 bits per heavy atom. The molecule has 0 unspecified atom stereocenters. The molecule has 0 amide bonds. The Balaban J connectivity index is 1.83. The van der Waals surface area contributed by atoms with E-state index in [1.165, 1.54) is 11.8 Å². The van der Waals surface area contributed by atoms with Gasteiger partial charge in [-0.3, -0.25) is 9.36 Å². The first-order valence-electron chi connectivity index (χ1n) is 8.98. The van der Waals surface area contributed by atoms with Crippen molar-refractivity contribution in [1.29, 1.82) is 5.26 Å². The number of hydrogen-bond acceptors (Lipinski definition) is 5. The summed E-state index contributed by atoms with van der Waals surface area (Å²) < 4.78 is 6.84. The van der Waals surface area contributed by atoms with Crippen LogP contribution < -0.4 is 10.3 Å². The molecule has 0 spiro atoms. The van der Waals surface area contributed by atoms with Crippen LogP contribution in [0.1, 0.15) is 11.1 Å². The Hall–Kier alpha value is -3.56. The van der Waals surface area contributed by atoms with Gasteiger partial charge in [0.15, 0.2) is 5.16 Å². The highest BCUT2D eigenvalue weighted by molar-refractivity contribution is 7.98. The zero-order valence-corrected chi connectivity index (χ0v) is 16.5. The molecule has 0 aliphatic rings. The molecule has 4 rings (SSSR count). The van der Waals surface area contributed by atoms with Gasteiger partial charge in [0.05, 0.1) is 35.3 Å². The summed E-state index contributed by atoms with van der Waals surface area (Å²) in [4.78, 5) is 18.0. The summed E-state index contributed by atoms with van der Waals surface area (Å²) in [6, 6.07) is 24.3.